The van der Waals surface area contributed by atoms with Gasteiger partial charge < -0.3 is 10.6 Å². The van der Waals surface area contributed by atoms with Crippen molar-refractivity contribution in [1.29, 1.82) is 0 Å². The molecule has 3 heterocycles. The maximum atomic E-state index is 12.5. The van der Waals surface area contributed by atoms with Crippen LogP contribution in [0, 0.1) is 5.92 Å². The van der Waals surface area contributed by atoms with Crippen LogP contribution >= 0.6 is 0 Å². The molecule has 0 radical (unpaired) electrons. The number of aromatic nitrogens is 5. The molecule has 24 heavy (non-hydrogen) atoms. The van der Waals surface area contributed by atoms with E-state index in [1.54, 1.807) is 12.4 Å². The molecule has 2 aliphatic rings. The van der Waals surface area contributed by atoms with Gasteiger partial charge in [0, 0.05) is 6.07 Å². The second-order valence-electron chi connectivity index (χ2n) is 6.76. The Morgan fingerprint density at radius 2 is 2.12 bits per heavy atom. The fraction of sp³-hybridized carbons (Fsp3) is 0.625. The first kappa shape index (κ1) is 15.3. The molecule has 1 amide bonds. The molecule has 1 aliphatic carbocycles. The Morgan fingerprint density at radius 1 is 1.33 bits per heavy atom. The zero-order chi connectivity index (χ0) is 16.5. The SMILES string of the molecule is CC(C1CC1)n1nccc1NC(=O)c1cn(C2CCNCC2)nn1. The first-order chi connectivity index (χ1) is 11.7. The lowest BCUT2D eigenvalue weighted by Gasteiger charge is -2.22. The molecule has 2 N–H and O–H groups in total. The summed E-state index contributed by atoms with van der Waals surface area (Å²) >= 11 is 0. The van der Waals surface area contributed by atoms with Gasteiger partial charge in [-0.3, -0.25) is 4.79 Å². The quantitative estimate of drug-likeness (QED) is 0.870. The molecule has 0 bridgehead atoms. The van der Waals surface area contributed by atoms with Gasteiger partial charge in [0.2, 0.25) is 0 Å². The summed E-state index contributed by atoms with van der Waals surface area (Å²) in [4.78, 5) is 12.5. The van der Waals surface area contributed by atoms with Crippen LogP contribution in [0.1, 0.15) is 55.2 Å². The van der Waals surface area contributed by atoms with E-state index in [0.717, 1.165) is 31.7 Å². The van der Waals surface area contributed by atoms with Crippen LogP contribution in [0.5, 0.6) is 0 Å². The summed E-state index contributed by atoms with van der Waals surface area (Å²) in [5.41, 5.74) is 0.348. The molecule has 1 saturated carbocycles. The average molecular weight is 329 g/mol. The van der Waals surface area contributed by atoms with E-state index in [0.29, 0.717) is 23.7 Å². The Kier molecular flexibility index (Phi) is 4.05. The van der Waals surface area contributed by atoms with Gasteiger partial charge in [-0.1, -0.05) is 5.21 Å². The molecular formula is C16H23N7O. The molecule has 0 aromatic carbocycles. The topological polar surface area (TPSA) is 89.7 Å². The van der Waals surface area contributed by atoms with Crippen molar-refractivity contribution in [3.8, 4) is 0 Å². The summed E-state index contributed by atoms with van der Waals surface area (Å²) in [6.07, 6.45) is 7.96. The van der Waals surface area contributed by atoms with Gasteiger partial charge >= 0.3 is 0 Å². The van der Waals surface area contributed by atoms with Gasteiger partial charge in [-0.25, -0.2) is 9.36 Å². The predicted octanol–water partition coefficient (Wildman–Crippen LogP) is 1.62. The lowest BCUT2D eigenvalue weighted by Crippen LogP contribution is -2.29. The van der Waals surface area contributed by atoms with Crippen LogP contribution in [0.2, 0.25) is 0 Å². The van der Waals surface area contributed by atoms with Crippen LogP contribution in [-0.2, 0) is 0 Å². The van der Waals surface area contributed by atoms with E-state index in [1.807, 2.05) is 15.4 Å². The second-order valence-corrected chi connectivity index (χ2v) is 6.76. The second kappa shape index (κ2) is 6.35. The summed E-state index contributed by atoms with van der Waals surface area (Å²) in [6, 6.07) is 2.45. The van der Waals surface area contributed by atoms with Gasteiger partial charge in [-0.2, -0.15) is 5.10 Å². The van der Waals surface area contributed by atoms with Crippen LogP contribution in [0.15, 0.2) is 18.5 Å². The molecule has 1 atom stereocenters. The van der Waals surface area contributed by atoms with Gasteiger partial charge in [-0.05, 0) is 51.6 Å². The third kappa shape index (κ3) is 3.06. The summed E-state index contributed by atoms with van der Waals surface area (Å²) in [7, 11) is 0. The van der Waals surface area contributed by atoms with E-state index in [-0.39, 0.29) is 5.91 Å². The van der Waals surface area contributed by atoms with Crippen LogP contribution in [0.4, 0.5) is 5.82 Å². The zero-order valence-corrected chi connectivity index (χ0v) is 13.9. The lowest BCUT2D eigenvalue weighted by molar-refractivity contribution is 0.102. The molecule has 4 rings (SSSR count). The Bertz CT molecular complexity index is 712. The number of carbonyl (C=O) groups is 1. The number of hydrogen-bond acceptors (Lipinski definition) is 5. The molecule has 8 heteroatoms. The Balaban J connectivity index is 1.45. The van der Waals surface area contributed by atoms with Crippen LogP contribution in [-0.4, -0.2) is 43.8 Å². The highest BCUT2D eigenvalue weighted by Gasteiger charge is 2.31. The monoisotopic (exact) mass is 329 g/mol. The van der Waals surface area contributed by atoms with Crippen molar-refractivity contribution in [1.82, 2.24) is 30.1 Å². The number of nitrogens with zero attached hydrogens (tertiary/aromatic N) is 5. The maximum absolute atomic E-state index is 12.5. The number of rotatable bonds is 5. The highest BCUT2D eigenvalue weighted by Crippen LogP contribution is 2.40. The molecule has 2 aromatic heterocycles. The van der Waals surface area contributed by atoms with Crippen molar-refractivity contribution in [3.63, 3.8) is 0 Å². The Hall–Kier alpha value is -2.22. The number of anilines is 1. The predicted molar refractivity (Wildman–Crippen MR) is 88.8 cm³/mol. The van der Waals surface area contributed by atoms with Crippen molar-refractivity contribution < 1.29 is 4.79 Å². The molecular weight excluding hydrogens is 306 g/mol. The molecule has 2 aromatic rings. The van der Waals surface area contributed by atoms with Crippen molar-refractivity contribution in [2.45, 2.75) is 44.7 Å². The van der Waals surface area contributed by atoms with Crippen LogP contribution < -0.4 is 10.6 Å². The van der Waals surface area contributed by atoms with E-state index in [1.165, 1.54) is 12.8 Å². The van der Waals surface area contributed by atoms with E-state index in [9.17, 15) is 4.79 Å². The zero-order valence-electron chi connectivity index (χ0n) is 13.9. The molecule has 128 valence electrons. The summed E-state index contributed by atoms with van der Waals surface area (Å²) in [5.74, 6) is 1.15. The third-order valence-electron chi connectivity index (χ3n) is 5.03. The molecule has 8 nitrogen and oxygen atoms in total. The van der Waals surface area contributed by atoms with E-state index in [2.05, 4.69) is 33.0 Å². The van der Waals surface area contributed by atoms with Gasteiger partial charge in [0.25, 0.3) is 5.91 Å². The normalized spacial score (nSPS) is 20.0. The van der Waals surface area contributed by atoms with Gasteiger partial charge in [0.1, 0.15) is 5.82 Å². The summed E-state index contributed by atoms with van der Waals surface area (Å²) in [5, 5.41) is 18.8. The van der Waals surface area contributed by atoms with Gasteiger partial charge in [0.15, 0.2) is 5.69 Å². The first-order valence-corrected chi connectivity index (χ1v) is 8.70. The minimum atomic E-state index is -0.236. The average Bonchev–Trinajstić information content (AvgIpc) is 3.16. The summed E-state index contributed by atoms with van der Waals surface area (Å²) in [6.45, 7) is 4.10. The smallest absolute Gasteiger partial charge is 0.278 e. The summed E-state index contributed by atoms with van der Waals surface area (Å²) < 4.78 is 3.71. The largest absolute Gasteiger partial charge is 0.317 e. The van der Waals surface area contributed by atoms with Crippen LogP contribution in [0.25, 0.3) is 0 Å². The molecule has 0 spiro atoms. The lowest BCUT2D eigenvalue weighted by atomic mass is 10.1. The van der Waals surface area contributed by atoms with Crippen molar-refractivity contribution in [3.05, 3.63) is 24.2 Å². The Morgan fingerprint density at radius 3 is 2.88 bits per heavy atom. The number of piperidine rings is 1. The fourth-order valence-corrected chi connectivity index (χ4v) is 3.33. The van der Waals surface area contributed by atoms with E-state index in [4.69, 9.17) is 0 Å². The molecule has 1 unspecified atom stereocenters. The minimum absolute atomic E-state index is 0.236. The fourth-order valence-electron chi connectivity index (χ4n) is 3.33. The highest BCUT2D eigenvalue weighted by molar-refractivity contribution is 6.02. The van der Waals surface area contributed by atoms with E-state index < -0.39 is 0 Å². The molecule has 1 saturated heterocycles. The highest BCUT2D eigenvalue weighted by atomic mass is 16.2. The number of hydrogen-bond donors (Lipinski definition) is 2. The van der Waals surface area contributed by atoms with Crippen LogP contribution in [0.3, 0.4) is 0 Å². The van der Waals surface area contributed by atoms with Crippen molar-refractivity contribution >= 4 is 11.7 Å². The number of amides is 1. The minimum Gasteiger partial charge on any atom is -0.317 e. The Labute approximate surface area is 140 Å². The third-order valence-corrected chi connectivity index (χ3v) is 5.03. The van der Waals surface area contributed by atoms with E-state index >= 15 is 0 Å². The first-order valence-electron chi connectivity index (χ1n) is 8.70. The number of nitrogens with one attached hydrogen (secondary N) is 2. The molecule has 1 aliphatic heterocycles. The van der Waals surface area contributed by atoms with Gasteiger partial charge in [0.05, 0.1) is 24.5 Å². The maximum Gasteiger partial charge on any atom is 0.278 e. The van der Waals surface area contributed by atoms with Gasteiger partial charge in [-0.15, -0.1) is 5.10 Å². The number of carbonyl (C=O) groups excluding carboxylic acids is 1. The van der Waals surface area contributed by atoms with Crippen molar-refractivity contribution in [2.75, 3.05) is 18.4 Å². The standard InChI is InChI=1S/C16H23N7O/c1-11(12-2-3-12)23-15(6-9-18-23)19-16(24)14-10-22(21-20-14)13-4-7-17-8-5-13/h6,9-13,17H,2-5,7-8H2,1H3,(H,19,24). The molecule has 2 fully saturated rings. The van der Waals surface area contributed by atoms with Crippen molar-refractivity contribution in [2.24, 2.45) is 5.92 Å².